The molecule has 5 heteroatoms. The van der Waals surface area contributed by atoms with Gasteiger partial charge < -0.3 is 9.84 Å². The van der Waals surface area contributed by atoms with Crippen molar-refractivity contribution in [3.8, 4) is 11.5 Å². The Morgan fingerprint density at radius 1 is 1.54 bits per heavy atom. The number of phenols is 1. The average Bonchev–Trinajstić information content (AvgIpc) is 2.12. The number of carbonyl (C=O) groups excluding carboxylic acids is 1. The molecule has 0 unspecified atom stereocenters. The number of phenolic OH excluding ortho intramolecular Hbond substituents is 1. The number of aldehydes is 1. The van der Waals surface area contributed by atoms with E-state index in [0.29, 0.717) is 26.5 Å². The van der Waals surface area contributed by atoms with Crippen LogP contribution in [0.4, 0.5) is 0 Å². The Morgan fingerprint density at radius 3 is 2.62 bits per heavy atom. The second kappa shape index (κ2) is 4.11. The molecule has 3 nitrogen and oxygen atoms in total. The van der Waals surface area contributed by atoms with Gasteiger partial charge in [-0.25, -0.2) is 0 Å². The topological polar surface area (TPSA) is 46.5 Å². The zero-order valence-corrected chi connectivity index (χ0v) is 9.85. The molecule has 0 aliphatic carbocycles. The Bertz CT molecular complexity index is 350. The molecule has 1 aromatic rings. The van der Waals surface area contributed by atoms with Gasteiger partial charge in [0.2, 0.25) is 0 Å². The van der Waals surface area contributed by atoms with Crippen LogP contribution in [-0.2, 0) is 0 Å². The van der Waals surface area contributed by atoms with E-state index in [-0.39, 0.29) is 5.75 Å². The first-order valence-electron chi connectivity index (χ1n) is 3.32. The van der Waals surface area contributed by atoms with E-state index in [1.807, 2.05) is 0 Å². The van der Waals surface area contributed by atoms with Crippen LogP contribution in [0.1, 0.15) is 10.4 Å². The minimum Gasteiger partial charge on any atom is -0.503 e. The van der Waals surface area contributed by atoms with Gasteiger partial charge >= 0.3 is 0 Å². The highest BCUT2D eigenvalue weighted by atomic mass is 79.9. The molecule has 0 bridgehead atoms. The molecule has 0 radical (unpaired) electrons. The predicted octanol–water partition coefficient (Wildman–Crippen LogP) is 2.74. The third-order valence-electron chi connectivity index (χ3n) is 1.53. The van der Waals surface area contributed by atoms with Crippen LogP contribution in [0.15, 0.2) is 15.0 Å². The number of methoxy groups -OCH3 is 1. The second-order valence-corrected chi connectivity index (χ2v) is 3.90. The molecule has 1 rings (SSSR count). The van der Waals surface area contributed by atoms with Crippen LogP contribution in [0, 0.1) is 0 Å². The Labute approximate surface area is 92.0 Å². The van der Waals surface area contributed by atoms with Crippen molar-refractivity contribution in [3.05, 3.63) is 20.6 Å². The summed E-state index contributed by atoms with van der Waals surface area (Å²) in [6.07, 6.45) is 0.646. The molecule has 13 heavy (non-hydrogen) atoms. The average molecular weight is 310 g/mol. The molecule has 0 saturated heterocycles. The number of hydrogen-bond donors (Lipinski definition) is 1. The largest absolute Gasteiger partial charge is 0.503 e. The number of rotatable bonds is 2. The highest BCUT2D eigenvalue weighted by Gasteiger charge is 2.14. The van der Waals surface area contributed by atoms with E-state index in [0.717, 1.165) is 0 Å². The monoisotopic (exact) mass is 308 g/mol. The zero-order valence-electron chi connectivity index (χ0n) is 6.67. The molecule has 0 aliphatic rings. The van der Waals surface area contributed by atoms with E-state index >= 15 is 0 Å². The number of ether oxygens (including phenoxy) is 1. The van der Waals surface area contributed by atoms with Crippen molar-refractivity contribution in [2.75, 3.05) is 7.11 Å². The van der Waals surface area contributed by atoms with Crippen molar-refractivity contribution >= 4 is 38.1 Å². The molecule has 0 fully saturated rings. The van der Waals surface area contributed by atoms with Gasteiger partial charge in [-0.1, -0.05) is 0 Å². The van der Waals surface area contributed by atoms with Gasteiger partial charge in [-0.3, -0.25) is 4.79 Å². The minimum absolute atomic E-state index is 0.0761. The molecule has 0 atom stereocenters. The predicted molar refractivity (Wildman–Crippen MR) is 55.4 cm³/mol. The molecule has 0 heterocycles. The molecule has 1 aromatic carbocycles. The molecule has 0 aliphatic heterocycles. The first-order chi connectivity index (χ1) is 6.11. The number of carbonyl (C=O) groups is 1. The highest BCUT2D eigenvalue weighted by Crippen LogP contribution is 2.39. The lowest BCUT2D eigenvalue weighted by Gasteiger charge is -2.08. The number of aromatic hydroxyl groups is 1. The Morgan fingerprint density at radius 2 is 2.15 bits per heavy atom. The van der Waals surface area contributed by atoms with Crippen LogP contribution in [0.5, 0.6) is 11.5 Å². The van der Waals surface area contributed by atoms with E-state index in [2.05, 4.69) is 31.9 Å². The molecular formula is C8H6Br2O3. The quantitative estimate of drug-likeness (QED) is 0.855. The first-order valence-corrected chi connectivity index (χ1v) is 4.90. The van der Waals surface area contributed by atoms with Crippen molar-refractivity contribution in [2.24, 2.45) is 0 Å². The maximum absolute atomic E-state index is 10.6. The van der Waals surface area contributed by atoms with Crippen molar-refractivity contribution in [3.63, 3.8) is 0 Å². The summed E-state index contributed by atoms with van der Waals surface area (Å²) in [7, 11) is 1.44. The van der Waals surface area contributed by atoms with E-state index in [9.17, 15) is 9.90 Å². The summed E-state index contributed by atoms with van der Waals surface area (Å²) in [6.45, 7) is 0. The van der Waals surface area contributed by atoms with Crippen molar-refractivity contribution in [1.29, 1.82) is 0 Å². The third kappa shape index (κ3) is 1.86. The highest BCUT2D eigenvalue weighted by molar-refractivity contribution is 9.11. The second-order valence-electron chi connectivity index (χ2n) is 2.25. The summed E-state index contributed by atoms with van der Waals surface area (Å²) in [5, 5.41) is 9.48. The zero-order chi connectivity index (χ0) is 10.0. The smallest absolute Gasteiger partial charge is 0.173 e. The Kier molecular flexibility index (Phi) is 3.33. The lowest BCUT2D eigenvalue weighted by molar-refractivity contribution is 0.112. The molecule has 0 spiro atoms. The third-order valence-corrected chi connectivity index (χ3v) is 2.99. The molecule has 0 aromatic heterocycles. The summed E-state index contributed by atoms with van der Waals surface area (Å²) < 4.78 is 5.78. The van der Waals surface area contributed by atoms with Gasteiger partial charge in [-0.15, -0.1) is 0 Å². The fraction of sp³-hybridized carbons (Fsp3) is 0.125. The lowest BCUT2D eigenvalue weighted by atomic mass is 10.2. The van der Waals surface area contributed by atoms with Gasteiger partial charge in [0, 0.05) is 10.0 Å². The Hall–Kier alpha value is -0.550. The van der Waals surface area contributed by atoms with Crippen LogP contribution < -0.4 is 4.74 Å². The van der Waals surface area contributed by atoms with E-state index in [4.69, 9.17) is 4.74 Å². The number of halogens is 2. The van der Waals surface area contributed by atoms with E-state index in [1.54, 1.807) is 0 Å². The van der Waals surface area contributed by atoms with Crippen LogP contribution in [-0.4, -0.2) is 18.5 Å². The summed E-state index contributed by atoms with van der Waals surface area (Å²) in [6, 6.07) is 1.53. The van der Waals surface area contributed by atoms with E-state index in [1.165, 1.54) is 13.2 Å². The molecule has 0 saturated carbocycles. The fourth-order valence-electron chi connectivity index (χ4n) is 0.865. The van der Waals surface area contributed by atoms with Crippen LogP contribution in [0.3, 0.4) is 0 Å². The van der Waals surface area contributed by atoms with Gasteiger partial charge in [0.25, 0.3) is 0 Å². The minimum atomic E-state index is -0.0761. The maximum atomic E-state index is 10.6. The fourth-order valence-corrected chi connectivity index (χ4v) is 2.13. The van der Waals surface area contributed by atoms with Gasteiger partial charge in [0.1, 0.15) is 0 Å². The van der Waals surface area contributed by atoms with Crippen molar-refractivity contribution in [2.45, 2.75) is 0 Å². The van der Waals surface area contributed by atoms with Crippen LogP contribution >= 0.6 is 31.9 Å². The van der Waals surface area contributed by atoms with Crippen LogP contribution in [0.2, 0.25) is 0 Å². The number of hydrogen-bond acceptors (Lipinski definition) is 3. The molecule has 70 valence electrons. The van der Waals surface area contributed by atoms with Gasteiger partial charge in [0.15, 0.2) is 17.8 Å². The van der Waals surface area contributed by atoms with Crippen LogP contribution in [0.25, 0.3) is 0 Å². The summed E-state index contributed by atoms with van der Waals surface area (Å²) in [5.41, 5.74) is 0.360. The van der Waals surface area contributed by atoms with Crippen molar-refractivity contribution in [1.82, 2.24) is 0 Å². The van der Waals surface area contributed by atoms with Gasteiger partial charge in [0.05, 0.1) is 11.6 Å². The molecular weight excluding hydrogens is 304 g/mol. The molecule has 1 N–H and O–H groups in total. The normalized spacial score (nSPS) is 9.77. The van der Waals surface area contributed by atoms with Gasteiger partial charge in [-0.2, -0.15) is 0 Å². The summed E-state index contributed by atoms with van der Waals surface area (Å²) in [4.78, 5) is 10.6. The standard InChI is InChI=1S/C8H6Br2O3/c1-13-6-2-5(9)4(3-11)7(10)8(6)12/h2-3,12H,1H3. The Balaban J connectivity index is 3.45. The lowest BCUT2D eigenvalue weighted by Crippen LogP contribution is -1.90. The van der Waals surface area contributed by atoms with Crippen molar-refractivity contribution < 1.29 is 14.6 Å². The molecule has 0 amide bonds. The van der Waals surface area contributed by atoms with E-state index < -0.39 is 0 Å². The SMILES string of the molecule is COc1cc(Br)c(C=O)c(Br)c1O. The summed E-state index contributed by atoms with van der Waals surface area (Å²) in [5.74, 6) is 0.233. The van der Waals surface area contributed by atoms with Gasteiger partial charge in [-0.05, 0) is 37.9 Å². The number of benzene rings is 1. The maximum Gasteiger partial charge on any atom is 0.173 e. The first kappa shape index (κ1) is 10.5. The summed E-state index contributed by atoms with van der Waals surface area (Å²) >= 11 is 6.27.